The summed E-state index contributed by atoms with van der Waals surface area (Å²) in [6, 6.07) is 2.47. The number of non-ortho nitro benzene ring substituents is 1. The summed E-state index contributed by atoms with van der Waals surface area (Å²) in [6.45, 7) is 0. The lowest BCUT2D eigenvalue weighted by atomic mass is 10.2. The summed E-state index contributed by atoms with van der Waals surface area (Å²) in [6.07, 6.45) is 2.30. The fraction of sp³-hybridized carbons (Fsp3) is 0.100. The third-order valence-electron chi connectivity index (χ3n) is 2.37. The summed E-state index contributed by atoms with van der Waals surface area (Å²) >= 11 is 0. The Morgan fingerprint density at radius 3 is 3.00 bits per heavy atom. The molecule has 0 spiro atoms. The number of methoxy groups -OCH3 is 1. The maximum atomic E-state index is 11.4. The lowest BCUT2D eigenvalue weighted by Gasteiger charge is -2.00. The predicted octanol–water partition coefficient (Wildman–Crippen LogP) is 0.468. The van der Waals surface area contributed by atoms with Crippen LogP contribution in [0.1, 0.15) is 0 Å². The number of nitro groups is 1. The average molecular weight is 280 g/mol. The highest BCUT2D eigenvalue weighted by atomic mass is 16.8. The van der Waals surface area contributed by atoms with Crippen molar-refractivity contribution in [2.45, 2.75) is 0 Å². The van der Waals surface area contributed by atoms with Gasteiger partial charge in [0, 0.05) is 18.3 Å². The van der Waals surface area contributed by atoms with E-state index in [1.54, 1.807) is 0 Å². The number of ether oxygens (including phenoxy) is 1. The highest BCUT2D eigenvalue weighted by Gasteiger charge is 2.25. The first-order valence-electron chi connectivity index (χ1n) is 5.22. The fourth-order valence-electron chi connectivity index (χ4n) is 1.49. The van der Waals surface area contributed by atoms with Crippen LogP contribution in [0.15, 0.2) is 29.0 Å². The second-order valence-electron chi connectivity index (χ2n) is 3.52. The van der Waals surface area contributed by atoms with E-state index in [0.717, 1.165) is 6.08 Å². The van der Waals surface area contributed by atoms with Crippen molar-refractivity contribution >= 4 is 28.4 Å². The van der Waals surface area contributed by atoms with Crippen molar-refractivity contribution in [2.75, 3.05) is 12.4 Å². The molecule has 0 unspecified atom stereocenters. The van der Waals surface area contributed by atoms with Gasteiger partial charge in [-0.1, -0.05) is 0 Å². The van der Waals surface area contributed by atoms with E-state index < -0.39 is 10.9 Å². The van der Waals surface area contributed by atoms with E-state index >= 15 is 0 Å². The monoisotopic (exact) mass is 280 g/mol. The van der Waals surface area contributed by atoms with Crippen molar-refractivity contribution in [3.8, 4) is 0 Å². The number of benzene rings is 1. The summed E-state index contributed by atoms with van der Waals surface area (Å²) in [7, 11) is 1.21. The highest BCUT2D eigenvalue weighted by molar-refractivity contribution is 5.92. The maximum Gasteiger partial charge on any atom is 0.331 e. The van der Waals surface area contributed by atoms with Crippen molar-refractivity contribution in [1.29, 1.82) is 0 Å². The number of nitro benzene ring substituents is 1. The predicted molar refractivity (Wildman–Crippen MR) is 64.4 cm³/mol. The molecule has 1 aromatic carbocycles. The minimum atomic E-state index is -0.682. The molecule has 0 bridgehead atoms. The van der Waals surface area contributed by atoms with Gasteiger partial charge in [-0.15, -0.1) is 0 Å². The van der Waals surface area contributed by atoms with Gasteiger partial charge in [0.25, 0.3) is 5.52 Å². The smallest absolute Gasteiger partial charge is 0.331 e. The van der Waals surface area contributed by atoms with E-state index in [4.69, 9.17) is 0 Å². The first-order valence-corrected chi connectivity index (χ1v) is 5.22. The van der Waals surface area contributed by atoms with Crippen LogP contribution in [-0.4, -0.2) is 23.2 Å². The van der Waals surface area contributed by atoms with Crippen LogP contribution in [0.4, 0.5) is 11.4 Å². The quantitative estimate of drug-likeness (QED) is 0.280. The minimum Gasteiger partial charge on any atom is -0.466 e. The zero-order valence-electron chi connectivity index (χ0n) is 10.1. The Labute approximate surface area is 110 Å². The van der Waals surface area contributed by atoms with Crippen LogP contribution in [0, 0.1) is 15.3 Å². The number of fused-ring (bicyclic) bond motifs is 1. The molecule has 10 nitrogen and oxygen atoms in total. The largest absolute Gasteiger partial charge is 0.466 e. The van der Waals surface area contributed by atoms with Crippen molar-refractivity contribution in [3.05, 3.63) is 39.7 Å². The van der Waals surface area contributed by atoms with Crippen LogP contribution in [0.2, 0.25) is 0 Å². The Morgan fingerprint density at radius 1 is 1.60 bits per heavy atom. The topological polar surface area (TPSA) is 134 Å². The molecule has 0 saturated heterocycles. The van der Waals surface area contributed by atoms with Crippen LogP contribution >= 0.6 is 0 Å². The zero-order chi connectivity index (χ0) is 14.7. The van der Waals surface area contributed by atoms with Gasteiger partial charge in [-0.05, 0) is 11.0 Å². The van der Waals surface area contributed by atoms with Gasteiger partial charge in [0.15, 0.2) is 0 Å². The lowest BCUT2D eigenvalue weighted by Crippen LogP contribution is -2.23. The van der Waals surface area contributed by atoms with Crippen molar-refractivity contribution in [2.24, 2.45) is 0 Å². The van der Waals surface area contributed by atoms with Crippen LogP contribution in [0.3, 0.4) is 0 Å². The summed E-state index contributed by atoms with van der Waals surface area (Å²) in [5, 5.41) is 28.2. The SMILES string of the molecule is COC(=O)C=CNc1ccc([N+](=O)[O-])c2no[n+]([O-])c12. The molecule has 1 N–H and O–H groups in total. The molecule has 0 aliphatic rings. The van der Waals surface area contributed by atoms with Gasteiger partial charge >= 0.3 is 17.2 Å². The van der Waals surface area contributed by atoms with Gasteiger partial charge in [0.2, 0.25) is 0 Å². The number of rotatable bonds is 4. The van der Waals surface area contributed by atoms with Crippen LogP contribution in [0.5, 0.6) is 0 Å². The molecular weight excluding hydrogens is 272 g/mol. The highest BCUT2D eigenvalue weighted by Crippen LogP contribution is 2.27. The molecule has 10 heteroatoms. The van der Waals surface area contributed by atoms with Gasteiger partial charge in [0.1, 0.15) is 0 Å². The van der Waals surface area contributed by atoms with E-state index in [1.807, 2.05) is 0 Å². The minimum absolute atomic E-state index is 0.0383. The van der Waals surface area contributed by atoms with Gasteiger partial charge < -0.3 is 15.3 Å². The molecular formula is C10H8N4O6. The number of nitrogens with zero attached hydrogens (tertiary/aromatic N) is 3. The molecule has 0 radical (unpaired) electrons. The molecule has 0 saturated carbocycles. The Hall–Kier alpha value is -3.17. The van der Waals surface area contributed by atoms with Crippen LogP contribution in [-0.2, 0) is 9.53 Å². The summed E-state index contributed by atoms with van der Waals surface area (Å²) < 4.78 is 8.73. The molecule has 0 amide bonds. The number of carbonyl (C=O) groups is 1. The molecule has 0 aliphatic heterocycles. The molecule has 1 aromatic heterocycles. The molecule has 2 rings (SSSR count). The van der Waals surface area contributed by atoms with E-state index in [2.05, 4.69) is 19.8 Å². The van der Waals surface area contributed by atoms with Gasteiger partial charge in [0.05, 0.1) is 22.9 Å². The Kier molecular flexibility index (Phi) is 3.46. The first kappa shape index (κ1) is 13.3. The van der Waals surface area contributed by atoms with E-state index in [0.29, 0.717) is 0 Å². The third-order valence-corrected chi connectivity index (χ3v) is 2.37. The number of hydrogen-bond acceptors (Lipinski definition) is 8. The van der Waals surface area contributed by atoms with Crippen molar-refractivity contribution in [1.82, 2.24) is 5.16 Å². The Morgan fingerprint density at radius 2 is 2.35 bits per heavy atom. The Balaban J connectivity index is 2.42. The van der Waals surface area contributed by atoms with Crippen molar-refractivity contribution < 1.29 is 24.0 Å². The molecule has 0 atom stereocenters. The summed E-state index contributed by atoms with van der Waals surface area (Å²) in [5.74, 6) is -0.601. The van der Waals surface area contributed by atoms with Crippen molar-refractivity contribution in [3.63, 3.8) is 0 Å². The molecule has 1 heterocycles. The number of nitrogens with one attached hydrogen (secondary N) is 1. The second kappa shape index (κ2) is 5.22. The summed E-state index contributed by atoms with van der Waals surface area (Å²) in [4.78, 5) is 21.0. The van der Waals surface area contributed by atoms with Gasteiger partial charge in [-0.3, -0.25) is 14.7 Å². The molecule has 104 valence electrons. The normalized spacial score (nSPS) is 10.8. The molecule has 20 heavy (non-hydrogen) atoms. The molecule has 0 aliphatic carbocycles. The van der Waals surface area contributed by atoms with E-state index in [1.165, 1.54) is 25.4 Å². The average Bonchev–Trinajstić information content (AvgIpc) is 2.81. The maximum absolute atomic E-state index is 11.4. The Bertz CT molecular complexity index is 707. The van der Waals surface area contributed by atoms with E-state index in [-0.39, 0.29) is 27.3 Å². The number of esters is 1. The van der Waals surface area contributed by atoms with Gasteiger partial charge in [-0.25, -0.2) is 4.79 Å². The van der Waals surface area contributed by atoms with Gasteiger partial charge in [-0.2, -0.15) is 0 Å². The van der Waals surface area contributed by atoms with Crippen LogP contribution in [0.25, 0.3) is 11.0 Å². The number of hydrogen-bond donors (Lipinski definition) is 1. The number of carbonyl (C=O) groups excluding carboxylic acids is 1. The number of anilines is 1. The first-order chi connectivity index (χ1) is 9.54. The van der Waals surface area contributed by atoms with Crippen LogP contribution < -0.4 is 10.2 Å². The molecule has 2 aromatic rings. The molecule has 0 fully saturated rings. The third kappa shape index (κ3) is 2.34. The fourth-order valence-corrected chi connectivity index (χ4v) is 1.49. The van der Waals surface area contributed by atoms with E-state index in [9.17, 15) is 20.1 Å². The lowest BCUT2D eigenvalue weighted by molar-refractivity contribution is -0.781. The zero-order valence-corrected chi connectivity index (χ0v) is 10.1. The number of aromatic nitrogens is 2. The summed E-state index contributed by atoms with van der Waals surface area (Å²) in [5.41, 5.74) is -0.502. The standard InChI is InChI=1S/C10H8N4O6/c1-19-8(15)4-5-11-6-2-3-7(13(16)17)9-10(6)14(18)20-12-9/h2-5,11H,1H3. The second-order valence-corrected chi connectivity index (χ2v) is 3.52.